The van der Waals surface area contributed by atoms with E-state index in [0.717, 1.165) is 58.5 Å². The number of amides is 2. The first-order chi connectivity index (χ1) is 14.8. The van der Waals surface area contributed by atoms with E-state index >= 15 is 0 Å². The summed E-state index contributed by atoms with van der Waals surface area (Å²) in [4.78, 5) is 31.3. The molecule has 1 unspecified atom stereocenters. The van der Waals surface area contributed by atoms with Crippen LogP contribution in [0.3, 0.4) is 0 Å². The Morgan fingerprint density at radius 3 is 2.39 bits per heavy atom. The third-order valence-corrected chi connectivity index (χ3v) is 5.89. The summed E-state index contributed by atoms with van der Waals surface area (Å²) >= 11 is 0. The summed E-state index contributed by atoms with van der Waals surface area (Å²) in [6.45, 7) is 12.2. The van der Waals surface area contributed by atoms with E-state index in [1.54, 1.807) is 0 Å². The molecule has 172 valence electrons. The van der Waals surface area contributed by atoms with Gasteiger partial charge in [0.15, 0.2) is 0 Å². The van der Waals surface area contributed by atoms with Crippen molar-refractivity contribution in [3.8, 4) is 0 Å². The monoisotopic (exact) mass is 430 g/mol. The molecule has 2 aliphatic rings. The van der Waals surface area contributed by atoms with Crippen molar-refractivity contribution in [3.63, 3.8) is 0 Å². The number of nitrogens with zero attached hydrogens (tertiary/aromatic N) is 3. The minimum absolute atomic E-state index is 0.0679. The van der Waals surface area contributed by atoms with E-state index in [-0.39, 0.29) is 18.0 Å². The molecule has 1 aromatic rings. The van der Waals surface area contributed by atoms with E-state index in [2.05, 4.69) is 39.4 Å². The van der Waals surface area contributed by atoms with E-state index in [9.17, 15) is 9.59 Å². The van der Waals surface area contributed by atoms with Crippen LogP contribution in [0.1, 0.15) is 45.6 Å². The standard InChI is InChI=1S/C24H38N4O3/c1-24(2,3)31-23(30)28-13-7-10-21(28)11-12-25-22(29)19-27-16-14-26(15-17-27)18-20-8-5-4-6-9-20/h4-6,8-9,21H,7,10-19H2,1-3H3,(H,25,29). The van der Waals surface area contributed by atoms with Gasteiger partial charge < -0.3 is 15.0 Å². The predicted octanol–water partition coefficient (Wildman–Crippen LogP) is 2.71. The number of carbonyl (C=O) groups is 2. The average molecular weight is 431 g/mol. The lowest BCUT2D eigenvalue weighted by atomic mass is 10.1. The SMILES string of the molecule is CC(C)(C)OC(=O)N1CCCC1CCNC(=O)CN1CCN(Cc2ccccc2)CC1. The van der Waals surface area contributed by atoms with Gasteiger partial charge in [0, 0.05) is 51.9 Å². The summed E-state index contributed by atoms with van der Waals surface area (Å²) in [7, 11) is 0. The number of hydrogen-bond donors (Lipinski definition) is 1. The Labute approximate surface area is 186 Å². The van der Waals surface area contributed by atoms with Crippen molar-refractivity contribution < 1.29 is 14.3 Å². The smallest absolute Gasteiger partial charge is 0.410 e. The van der Waals surface area contributed by atoms with Crippen LogP contribution in [0.15, 0.2) is 30.3 Å². The zero-order chi connectivity index (χ0) is 22.3. The van der Waals surface area contributed by atoms with Crippen molar-refractivity contribution >= 4 is 12.0 Å². The number of hydrogen-bond acceptors (Lipinski definition) is 5. The highest BCUT2D eigenvalue weighted by Crippen LogP contribution is 2.22. The van der Waals surface area contributed by atoms with Gasteiger partial charge in [0.2, 0.25) is 5.91 Å². The van der Waals surface area contributed by atoms with Crippen LogP contribution in [-0.4, -0.2) is 84.2 Å². The van der Waals surface area contributed by atoms with Gasteiger partial charge in [-0.05, 0) is 45.6 Å². The minimum atomic E-state index is -0.483. The van der Waals surface area contributed by atoms with Gasteiger partial charge >= 0.3 is 6.09 Å². The van der Waals surface area contributed by atoms with Crippen LogP contribution in [0.4, 0.5) is 4.79 Å². The van der Waals surface area contributed by atoms with Crippen LogP contribution in [0, 0.1) is 0 Å². The highest BCUT2D eigenvalue weighted by Gasteiger charge is 2.31. The quantitative estimate of drug-likeness (QED) is 0.721. The van der Waals surface area contributed by atoms with Crippen LogP contribution in [0.5, 0.6) is 0 Å². The van der Waals surface area contributed by atoms with E-state index in [1.165, 1.54) is 5.56 Å². The molecule has 3 rings (SSSR count). The van der Waals surface area contributed by atoms with Gasteiger partial charge in [0.25, 0.3) is 0 Å². The van der Waals surface area contributed by atoms with Crippen molar-refractivity contribution in [2.45, 2.75) is 58.2 Å². The molecule has 7 heteroatoms. The molecule has 0 aliphatic carbocycles. The van der Waals surface area contributed by atoms with Gasteiger partial charge in [-0.3, -0.25) is 14.6 Å². The van der Waals surface area contributed by atoms with Crippen molar-refractivity contribution in [1.29, 1.82) is 0 Å². The third-order valence-electron chi connectivity index (χ3n) is 5.89. The Morgan fingerprint density at radius 2 is 1.71 bits per heavy atom. The summed E-state index contributed by atoms with van der Waals surface area (Å²) in [5.41, 5.74) is 0.852. The molecular formula is C24H38N4O3. The van der Waals surface area contributed by atoms with E-state index in [1.807, 2.05) is 31.7 Å². The van der Waals surface area contributed by atoms with Gasteiger partial charge in [0.05, 0.1) is 6.54 Å². The lowest BCUT2D eigenvalue weighted by Gasteiger charge is -2.34. The van der Waals surface area contributed by atoms with Gasteiger partial charge in [-0.1, -0.05) is 30.3 Å². The number of rotatable bonds is 7. The molecule has 31 heavy (non-hydrogen) atoms. The molecule has 1 aromatic carbocycles. The molecule has 2 fully saturated rings. The second-order valence-electron chi connectivity index (χ2n) is 9.65. The van der Waals surface area contributed by atoms with Crippen molar-refractivity contribution in [3.05, 3.63) is 35.9 Å². The molecule has 7 nitrogen and oxygen atoms in total. The van der Waals surface area contributed by atoms with E-state index < -0.39 is 5.60 Å². The summed E-state index contributed by atoms with van der Waals surface area (Å²) in [6, 6.07) is 10.7. The van der Waals surface area contributed by atoms with Crippen molar-refractivity contribution in [2.75, 3.05) is 45.8 Å². The van der Waals surface area contributed by atoms with Crippen LogP contribution in [0.2, 0.25) is 0 Å². The minimum Gasteiger partial charge on any atom is -0.444 e. The van der Waals surface area contributed by atoms with E-state index in [4.69, 9.17) is 4.74 Å². The molecule has 1 N–H and O–H groups in total. The maximum atomic E-state index is 12.4. The summed E-state index contributed by atoms with van der Waals surface area (Å²) in [5, 5.41) is 3.04. The normalized spacial score (nSPS) is 20.6. The second kappa shape index (κ2) is 11.0. The first kappa shape index (κ1) is 23.5. The van der Waals surface area contributed by atoms with Gasteiger partial charge in [-0.25, -0.2) is 4.79 Å². The zero-order valence-electron chi connectivity index (χ0n) is 19.3. The number of likely N-dealkylation sites (tertiary alicyclic amines) is 1. The fourth-order valence-corrected chi connectivity index (χ4v) is 4.28. The van der Waals surface area contributed by atoms with Crippen LogP contribution in [0.25, 0.3) is 0 Å². The van der Waals surface area contributed by atoms with Crippen LogP contribution in [-0.2, 0) is 16.1 Å². The topological polar surface area (TPSA) is 65.1 Å². The Balaban J connectivity index is 1.32. The zero-order valence-corrected chi connectivity index (χ0v) is 19.3. The first-order valence-corrected chi connectivity index (χ1v) is 11.5. The Bertz CT molecular complexity index is 711. The summed E-state index contributed by atoms with van der Waals surface area (Å²) in [5.74, 6) is 0.0679. The Morgan fingerprint density at radius 1 is 1.03 bits per heavy atom. The van der Waals surface area contributed by atoms with Crippen molar-refractivity contribution in [1.82, 2.24) is 20.0 Å². The van der Waals surface area contributed by atoms with Gasteiger partial charge in [0.1, 0.15) is 5.60 Å². The second-order valence-corrected chi connectivity index (χ2v) is 9.65. The number of nitrogens with one attached hydrogen (secondary N) is 1. The fourth-order valence-electron chi connectivity index (χ4n) is 4.28. The summed E-state index contributed by atoms with van der Waals surface area (Å²) < 4.78 is 5.51. The molecule has 2 saturated heterocycles. The average Bonchev–Trinajstić information content (AvgIpc) is 3.18. The van der Waals surface area contributed by atoms with Gasteiger partial charge in [-0.15, -0.1) is 0 Å². The molecule has 2 heterocycles. The number of ether oxygens (including phenoxy) is 1. The molecule has 0 bridgehead atoms. The molecule has 2 aliphatic heterocycles. The lowest BCUT2D eigenvalue weighted by molar-refractivity contribution is -0.122. The molecule has 2 amide bonds. The fraction of sp³-hybridized carbons (Fsp3) is 0.667. The number of carbonyl (C=O) groups excluding carboxylic acids is 2. The highest BCUT2D eigenvalue weighted by molar-refractivity contribution is 5.78. The summed E-state index contributed by atoms with van der Waals surface area (Å²) in [6.07, 6.45) is 2.49. The number of benzene rings is 1. The molecule has 0 radical (unpaired) electrons. The molecular weight excluding hydrogens is 392 g/mol. The predicted molar refractivity (Wildman–Crippen MR) is 122 cm³/mol. The van der Waals surface area contributed by atoms with E-state index in [0.29, 0.717) is 13.1 Å². The highest BCUT2D eigenvalue weighted by atomic mass is 16.6. The largest absolute Gasteiger partial charge is 0.444 e. The maximum absolute atomic E-state index is 12.4. The Hall–Kier alpha value is -2.12. The molecule has 1 atom stereocenters. The number of piperazine rings is 1. The molecule has 0 spiro atoms. The molecule has 0 aromatic heterocycles. The van der Waals surface area contributed by atoms with Crippen molar-refractivity contribution in [2.24, 2.45) is 0 Å². The Kier molecular flexibility index (Phi) is 8.32. The van der Waals surface area contributed by atoms with Crippen LogP contribution < -0.4 is 5.32 Å². The maximum Gasteiger partial charge on any atom is 0.410 e. The first-order valence-electron chi connectivity index (χ1n) is 11.5. The van der Waals surface area contributed by atoms with Gasteiger partial charge in [-0.2, -0.15) is 0 Å². The lowest BCUT2D eigenvalue weighted by Crippen LogP contribution is -2.49. The van der Waals surface area contributed by atoms with Crippen LogP contribution >= 0.6 is 0 Å². The third kappa shape index (κ3) is 7.82. The molecule has 0 saturated carbocycles.